The third kappa shape index (κ3) is 7.02. The Kier molecular flexibility index (Phi) is 10.6. The van der Waals surface area contributed by atoms with Crippen LogP contribution in [0.15, 0.2) is 274 Å². The van der Waals surface area contributed by atoms with E-state index >= 15 is 0 Å². The molecule has 0 amide bonds. The molecule has 4 aromatic heterocycles. The lowest BCUT2D eigenvalue weighted by Gasteiger charge is -2.37. The predicted molar refractivity (Wildman–Crippen MR) is 279 cm³/mol. The molecule has 0 aliphatic carbocycles. The van der Waals surface area contributed by atoms with Crippen LogP contribution >= 0.6 is 0 Å². The minimum Gasteiger partial charge on any atom is -0.278 e. The van der Waals surface area contributed by atoms with Gasteiger partial charge in [-0.3, -0.25) is 14.5 Å². The van der Waals surface area contributed by atoms with E-state index in [1.807, 2.05) is 55.1 Å². The topological polar surface area (TPSA) is 56.5 Å². The van der Waals surface area contributed by atoms with Crippen molar-refractivity contribution in [3.63, 3.8) is 0 Å². The maximum absolute atomic E-state index is 4.98. The van der Waals surface area contributed by atoms with Crippen molar-refractivity contribution in [1.82, 2.24) is 24.5 Å². The van der Waals surface area contributed by atoms with Crippen LogP contribution in [0.3, 0.4) is 0 Å². The molecule has 326 valence electrons. The van der Waals surface area contributed by atoms with Gasteiger partial charge in [-0.05, 0) is 99.1 Å². The van der Waals surface area contributed by atoms with Crippen molar-refractivity contribution in [2.24, 2.45) is 0 Å². The number of aromatic nitrogens is 5. The molecule has 0 fully saturated rings. The fourth-order valence-electron chi connectivity index (χ4n) is 10.8. The largest absolute Gasteiger partial charge is 0.278 e. The van der Waals surface area contributed by atoms with Crippen LogP contribution in [0.1, 0.15) is 44.5 Å². The van der Waals surface area contributed by atoms with Crippen LogP contribution in [0.4, 0.5) is 0 Å². The summed E-state index contributed by atoms with van der Waals surface area (Å²) in [7, 11) is 0. The van der Waals surface area contributed by atoms with Crippen molar-refractivity contribution in [2.75, 3.05) is 0 Å². The first-order valence-electron chi connectivity index (χ1n) is 23.4. The number of hydrogen-bond acceptors (Lipinski definition) is 4. The van der Waals surface area contributed by atoms with Gasteiger partial charge in [-0.15, -0.1) is 0 Å². The Morgan fingerprint density at radius 3 is 0.986 bits per heavy atom. The van der Waals surface area contributed by atoms with Gasteiger partial charge in [0.2, 0.25) is 5.95 Å². The molecule has 0 spiro atoms. The minimum atomic E-state index is -0.736. The average molecular weight is 884 g/mol. The van der Waals surface area contributed by atoms with Crippen molar-refractivity contribution < 1.29 is 0 Å². The summed E-state index contributed by atoms with van der Waals surface area (Å²) in [5.74, 6) is 0.594. The number of nitrogens with zero attached hydrogens (tertiary/aromatic N) is 5. The molecule has 0 aliphatic rings. The Balaban J connectivity index is 1.17. The van der Waals surface area contributed by atoms with Gasteiger partial charge in [-0.2, -0.15) is 0 Å². The van der Waals surface area contributed by atoms with Crippen molar-refractivity contribution in [3.05, 3.63) is 318 Å². The zero-order chi connectivity index (χ0) is 46.0. The van der Waals surface area contributed by atoms with Crippen LogP contribution in [0.25, 0.3) is 50.3 Å². The second-order valence-electron chi connectivity index (χ2n) is 17.4. The Labute approximate surface area is 401 Å². The summed E-state index contributed by atoms with van der Waals surface area (Å²) < 4.78 is 2.26. The van der Waals surface area contributed by atoms with E-state index in [-0.39, 0.29) is 0 Å². The number of hydrogen-bond donors (Lipinski definition) is 0. The molecule has 0 unspecified atom stereocenters. The van der Waals surface area contributed by atoms with Gasteiger partial charge in [0.25, 0.3) is 0 Å². The van der Waals surface area contributed by atoms with Crippen molar-refractivity contribution in [3.8, 4) is 28.5 Å². The molecule has 0 radical (unpaired) electrons. The van der Waals surface area contributed by atoms with E-state index in [1.54, 1.807) is 0 Å². The molecule has 0 atom stereocenters. The third-order valence-electron chi connectivity index (χ3n) is 13.7. The van der Waals surface area contributed by atoms with Crippen LogP contribution in [0.5, 0.6) is 0 Å². The zero-order valence-corrected chi connectivity index (χ0v) is 37.7. The average Bonchev–Trinajstić information content (AvgIpc) is 3.76. The van der Waals surface area contributed by atoms with Gasteiger partial charge in [0.05, 0.1) is 33.3 Å². The molecular weight excluding hydrogens is 839 g/mol. The van der Waals surface area contributed by atoms with E-state index in [9.17, 15) is 0 Å². The van der Waals surface area contributed by atoms with Crippen molar-refractivity contribution >= 4 is 21.8 Å². The normalized spacial score (nSPS) is 11.8. The van der Waals surface area contributed by atoms with Crippen LogP contribution in [-0.4, -0.2) is 24.5 Å². The lowest BCUT2D eigenvalue weighted by Crippen LogP contribution is -2.31. The van der Waals surface area contributed by atoms with Crippen LogP contribution < -0.4 is 0 Å². The molecule has 12 rings (SSSR count). The van der Waals surface area contributed by atoms with Crippen LogP contribution in [0.2, 0.25) is 0 Å². The Bertz CT molecular complexity index is 3390. The quantitative estimate of drug-likeness (QED) is 0.121. The third-order valence-corrected chi connectivity index (χ3v) is 13.7. The summed E-state index contributed by atoms with van der Waals surface area (Å²) in [5.41, 5.74) is 13.6. The molecular formula is C64H45N5. The molecule has 4 heterocycles. The molecule has 8 aromatic carbocycles. The maximum atomic E-state index is 4.98. The molecule has 69 heavy (non-hydrogen) atoms. The highest BCUT2D eigenvalue weighted by Gasteiger charge is 2.41. The van der Waals surface area contributed by atoms with Crippen molar-refractivity contribution in [2.45, 2.75) is 10.8 Å². The van der Waals surface area contributed by atoms with E-state index < -0.39 is 10.8 Å². The fourth-order valence-corrected chi connectivity index (χ4v) is 10.8. The molecule has 0 bridgehead atoms. The second-order valence-corrected chi connectivity index (χ2v) is 17.4. The van der Waals surface area contributed by atoms with E-state index in [1.165, 1.54) is 0 Å². The highest BCUT2D eigenvalue weighted by molar-refractivity contribution is 6.09. The zero-order valence-electron chi connectivity index (χ0n) is 37.7. The lowest BCUT2D eigenvalue weighted by molar-refractivity contribution is 0.745. The van der Waals surface area contributed by atoms with Gasteiger partial charge in [0, 0.05) is 46.7 Å². The van der Waals surface area contributed by atoms with E-state index in [0.29, 0.717) is 5.95 Å². The fraction of sp³-hybridized carbons (Fsp3) is 0.0312. The summed E-state index contributed by atoms with van der Waals surface area (Å²) in [6.45, 7) is 0. The Morgan fingerprint density at radius 1 is 0.261 bits per heavy atom. The molecule has 5 nitrogen and oxygen atoms in total. The van der Waals surface area contributed by atoms with Gasteiger partial charge in [-0.25, -0.2) is 9.97 Å². The van der Waals surface area contributed by atoms with E-state index in [4.69, 9.17) is 19.9 Å². The first kappa shape index (κ1) is 41.4. The SMILES string of the molecule is c1ccc(C(c2ccccc2)(c2cccc(-c3ccccn3)c2)c2ccc3c4ccc(C(c5ccccc5)(c5ccccc5)c5cccc(-c6ccccn6)c5)cc4n(-c4ncccn4)c3c2)cc1. The van der Waals surface area contributed by atoms with E-state index in [0.717, 1.165) is 88.8 Å². The van der Waals surface area contributed by atoms with Crippen LogP contribution in [-0.2, 0) is 10.8 Å². The van der Waals surface area contributed by atoms with E-state index in [2.05, 4.69) is 223 Å². The van der Waals surface area contributed by atoms with Gasteiger partial charge >= 0.3 is 0 Å². The summed E-state index contributed by atoms with van der Waals surface area (Å²) in [5, 5.41) is 2.21. The minimum absolute atomic E-state index is 0.594. The number of benzene rings is 8. The number of fused-ring (bicyclic) bond motifs is 3. The van der Waals surface area contributed by atoms with Crippen LogP contribution in [0, 0.1) is 0 Å². The molecule has 0 N–H and O–H groups in total. The molecule has 12 aromatic rings. The Hall–Kier alpha value is -9.06. The summed E-state index contributed by atoms with van der Waals surface area (Å²) >= 11 is 0. The molecule has 0 saturated heterocycles. The highest BCUT2D eigenvalue weighted by Crippen LogP contribution is 2.50. The van der Waals surface area contributed by atoms with Gasteiger partial charge in [-0.1, -0.05) is 194 Å². The monoisotopic (exact) mass is 883 g/mol. The summed E-state index contributed by atoms with van der Waals surface area (Å²) in [6.07, 6.45) is 7.37. The first-order chi connectivity index (χ1) is 34.2. The highest BCUT2D eigenvalue weighted by atomic mass is 15.1. The first-order valence-corrected chi connectivity index (χ1v) is 23.4. The lowest BCUT2D eigenvalue weighted by atomic mass is 9.64. The second kappa shape index (κ2) is 17.6. The summed E-state index contributed by atoms with van der Waals surface area (Å²) in [4.78, 5) is 19.5. The predicted octanol–water partition coefficient (Wildman–Crippen LogP) is 14.5. The molecule has 0 saturated carbocycles. The standard InChI is InChI=1S/C64H45N5/c1-5-22-48(23-6-1)63(49-24-7-2-8-25-49,52-30-17-20-46(42-52)58-32-13-15-38-65-58)54-34-36-56-57-37-35-55(45-61(57)69(60(56)44-54)62-67-40-19-41-68-62)64(50-26-9-3-10-27-50,51-28-11-4-12-29-51)53-31-18-21-47(43-53)59-33-14-16-39-66-59/h1-45H. The van der Waals surface area contributed by atoms with Gasteiger partial charge in [0.1, 0.15) is 0 Å². The van der Waals surface area contributed by atoms with Gasteiger partial charge < -0.3 is 0 Å². The smallest absolute Gasteiger partial charge is 0.234 e. The van der Waals surface area contributed by atoms with Gasteiger partial charge in [0.15, 0.2) is 0 Å². The molecule has 5 heteroatoms. The summed E-state index contributed by atoms with van der Waals surface area (Å²) in [6, 6.07) is 89.3. The Morgan fingerprint density at radius 2 is 0.609 bits per heavy atom. The maximum Gasteiger partial charge on any atom is 0.234 e. The number of pyridine rings is 2. The number of rotatable bonds is 11. The van der Waals surface area contributed by atoms with Crippen molar-refractivity contribution in [1.29, 1.82) is 0 Å². The molecule has 0 aliphatic heterocycles.